The molecular formula is C27H27N5OS. The number of benzene rings is 3. The number of aromatic nitrogens is 5. The van der Waals surface area contributed by atoms with Crippen molar-refractivity contribution in [3.8, 4) is 17.1 Å². The van der Waals surface area contributed by atoms with Crippen molar-refractivity contribution >= 4 is 23.3 Å². The Morgan fingerprint density at radius 3 is 2.47 bits per heavy atom. The van der Waals surface area contributed by atoms with Crippen molar-refractivity contribution in [3.05, 3.63) is 95.0 Å². The Labute approximate surface area is 203 Å². The second-order valence-corrected chi connectivity index (χ2v) is 8.65. The van der Waals surface area contributed by atoms with Crippen molar-refractivity contribution in [1.29, 1.82) is 0 Å². The molecule has 1 N–H and O–H groups in total. The maximum absolute atomic E-state index is 6.15. The number of unbranched alkanes of at least 4 members (excludes halogenated alkanes) is 1. The molecule has 0 saturated heterocycles. The third-order valence-electron chi connectivity index (χ3n) is 5.89. The number of rotatable bonds is 9. The van der Waals surface area contributed by atoms with Crippen LogP contribution in [0.15, 0.2) is 78.9 Å². The number of para-hydroxylation sites is 2. The zero-order valence-corrected chi connectivity index (χ0v) is 20.0. The molecule has 0 aliphatic heterocycles. The summed E-state index contributed by atoms with van der Waals surface area (Å²) in [6, 6.07) is 26.6. The Morgan fingerprint density at radius 1 is 0.912 bits per heavy atom. The van der Waals surface area contributed by atoms with Crippen LogP contribution in [0.1, 0.15) is 31.2 Å². The first-order valence-corrected chi connectivity index (χ1v) is 12.0. The van der Waals surface area contributed by atoms with E-state index < -0.39 is 0 Å². The fourth-order valence-electron chi connectivity index (χ4n) is 4.09. The molecule has 3 aromatic carbocycles. The highest BCUT2D eigenvalue weighted by Crippen LogP contribution is 2.23. The lowest BCUT2D eigenvalue weighted by molar-refractivity contribution is 0.291. The van der Waals surface area contributed by atoms with Crippen molar-refractivity contribution in [1.82, 2.24) is 24.3 Å². The summed E-state index contributed by atoms with van der Waals surface area (Å²) in [6.07, 6.45) is 2.17. The molecule has 172 valence electrons. The first kappa shape index (κ1) is 22.1. The van der Waals surface area contributed by atoms with Gasteiger partial charge < -0.3 is 13.9 Å². The van der Waals surface area contributed by atoms with Crippen molar-refractivity contribution in [2.24, 2.45) is 0 Å². The first-order chi connectivity index (χ1) is 16.7. The molecule has 0 bridgehead atoms. The molecule has 0 atom stereocenters. The number of hydrogen-bond donors (Lipinski definition) is 1. The van der Waals surface area contributed by atoms with Crippen molar-refractivity contribution < 1.29 is 4.74 Å². The van der Waals surface area contributed by atoms with Gasteiger partial charge in [-0.25, -0.2) is 4.98 Å². The average Bonchev–Trinajstić information content (AvgIpc) is 3.42. The van der Waals surface area contributed by atoms with E-state index in [1.165, 1.54) is 5.56 Å². The monoisotopic (exact) mass is 469 g/mol. The normalized spacial score (nSPS) is 11.2. The summed E-state index contributed by atoms with van der Waals surface area (Å²) >= 11 is 5.40. The number of imidazole rings is 1. The second-order valence-electron chi connectivity index (χ2n) is 8.26. The lowest BCUT2D eigenvalue weighted by atomic mass is 10.2. The van der Waals surface area contributed by atoms with Gasteiger partial charge in [0.05, 0.1) is 11.0 Å². The van der Waals surface area contributed by atoms with E-state index in [-0.39, 0.29) is 0 Å². The predicted molar refractivity (Wildman–Crippen MR) is 137 cm³/mol. The number of hydrogen-bond acceptors (Lipinski definition) is 4. The summed E-state index contributed by atoms with van der Waals surface area (Å²) in [7, 11) is 0. The van der Waals surface area contributed by atoms with E-state index in [0.29, 0.717) is 11.4 Å². The van der Waals surface area contributed by atoms with Crippen molar-refractivity contribution in [2.75, 3.05) is 0 Å². The molecule has 6 nitrogen and oxygen atoms in total. The van der Waals surface area contributed by atoms with Gasteiger partial charge in [-0.15, -0.1) is 0 Å². The largest absolute Gasteiger partial charge is 0.486 e. The average molecular weight is 470 g/mol. The fraction of sp³-hybridized carbons (Fsp3) is 0.222. The molecule has 0 unspecified atom stereocenters. The van der Waals surface area contributed by atoms with Gasteiger partial charge in [-0.2, -0.15) is 5.10 Å². The van der Waals surface area contributed by atoms with Gasteiger partial charge >= 0.3 is 0 Å². The van der Waals surface area contributed by atoms with Crippen molar-refractivity contribution in [2.45, 2.75) is 39.5 Å². The molecule has 0 spiro atoms. The van der Waals surface area contributed by atoms with Crippen LogP contribution >= 0.6 is 12.2 Å². The van der Waals surface area contributed by atoms with Gasteiger partial charge in [0, 0.05) is 18.7 Å². The second kappa shape index (κ2) is 10.1. The van der Waals surface area contributed by atoms with E-state index in [2.05, 4.69) is 56.6 Å². The van der Waals surface area contributed by atoms with Gasteiger partial charge in [0.2, 0.25) is 0 Å². The van der Waals surface area contributed by atoms with Gasteiger partial charge in [0.25, 0.3) is 0 Å². The molecule has 0 amide bonds. The van der Waals surface area contributed by atoms with Crippen LogP contribution in [0.4, 0.5) is 0 Å². The molecule has 5 rings (SSSR count). The Hall–Kier alpha value is -3.71. The van der Waals surface area contributed by atoms with Crippen LogP contribution in [0.5, 0.6) is 5.75 Å². The molecule has 0 aliphatic rings. The van der Waals surface area contributed by atoms with Gasteiger partial charge in [-0.05, 0) is 60.6 Å². The molecule has 0 radical (unpaired) electrons. The minimum absolute atomic E-state index is 0.385. The van der Waals surface area contributed by atoms with Crippen LogP contribution in [0.3, 0.4) is 0 Å². The standard InChI is InChI=1S/C27H27N5OS/c1-2-3-17-31-26(29-30-27(31)34)21-13-15-22(16-14-21)33-19-25-28-23-11-7-8-12-24(23)32(25)18-20-9-5-4-6-10-20/h4-16H,2-3,17-19H2,1H3,(H,30,34). The third-order valence-corrected chi connectivity index (χ3v) is 6.20. The van der Waals surface area contributed by atoms with Gasteiger partial charge in [0.1, 0.15) is 18.2 Å². The minimum atomic E-state index is 0.385. The van der Waals surface area contributed by atoms with Gasteiger partial charge in [0.15, 0.2) is 10.6 Å². The maximum Gasteiger partial charge on any atom is 0.195 e. The molecule has 0 aliphatic carbocycles. The number of fused-ring (bicyclic) bond motifs is 1. The quantitative estimate of drug-likeness (QED) is 0.254. The summed E-state index contributed by atoms with van der Waals surface area (Å²) in [5.41, 5.74) is 4.32. The summed E-state index contributed by atoms with van der Waals surface area (Å²) in [4.78, 5) is 4.84. The smallest absolute Gasteiger partial charge is 0.195 e. The summed E-state index contributed by atoms with van der Waals surface area (Å²) in [6.45, 7) is 4.16. The number of nitrogens with one attached hydrogen (secondary N) is 1. The number of aromatic amines is 1. The Kier molecular flexibility index (Phi) is 6.53. The predicted octanol–water partition coefficient (Wildman–Crippen LogP) is 6.38. The van der Waals surface area contributed by atoms with Crippen LogP contribution in [0, 0.1) is 4.77 Å². The number of nitrogens with zero attached hydrogens (tertiary/aromatic N) is 4. The lowest BCUT2D eigenvalue weighted by Crippen LogP contribution is -2.08. The van der Waals surface area contributed by atoms with Crippen LogP contribution in [0.25, 0.3) is 22.4 Å². The van der Waals surface area contributed by atoms with Crippen LogP contribution in [-0.4, -0.2) is 24.3 Å². The SMILES string of the molecule is CCCCn1c(-c2ccc(OCc3nc4ccccc4n3Cc3ccccc3)cc2)n[nH]c1=S. The summed E-state index contributed by atoms with van der Waals surface area (Å²) in [5.74, 6) is 2.54. The molecule has 0 saturated carbocycles. The van der Waals surface area contributed by atoms with Crippen LogP contribution < -0.4 is 4.74 Å². The van der Waals surface area contributed by atoms with E-state index in [4.69, 9.17) is 21.9 Å². The fourth-order valence-corrected chi connectivity index (χ4v) is 4.31. The minimum Gasteiger partial charge on any atom is -0.486 e. The van der Waals surface area contributed by atoms with E-state index in [1.807, 2.05) is 48.5 Å². The zero-order chi connectivity index (χ0) is 23.3. The highest BCUT2D eigenvalue weighted by atomic mass is 32.1. The topological polar surface area (TPSA) is 60.7 Å². The molecule has 2 heterocycles. The molecular weight excluding hydrogens is 442 g/mol. The van der Waals surface area contributed by atoms with E-state index in [9.17, 15) is 0 Å². The molecule has 2 aromatic heterocycles. The van der Waals surface area contributed by atoms with Crippen LogP contribution in [0.2, 0.25) is 0 Å². The maximum atomic E-state index is 6.15. The highest BCUT2D eigenvalue weighted by Gasteiger charge is 2.13. The van der Waals surface area contributed by atoms with Gasteiger partial charge in [-0.1, -0.05) is 55.8 Å². The molecule has 7 heteroatoms. The Balaban J connectivity index is 1.35. The van der Waals surface area contributed by atoms with E-state index in [0.717, 1.165) is 59.9 Å². The molecule has 34 heavy (non-hydrogen) atoms. The number of ether oxygens (including phenoxy) is 1. The zero-order valence-electron chi connectivity index (χ0n) is 19.1. The van der Waals surface area contributed by atoms with Crippen molar-refractivity contribution in [3.63, 3.8) is 0 Å². The van der Waals surface area contributed by atoms with E-state index >= 15 is 0 Å². The Bertz CT molecular complexity index is 1430. The molecule has 0 fully saturated rings. The summed E-state index contributed by atoms with van der Waals surface area (Å²) in [5, 5.41) is 7.35. The lowest BCUT2D eigenvalue weighted by Gasteiger charge is -2.11. The Morgan fingerprint density at radius 2 is 1.68 bits per heavy atom. The van der Waals surface area contributed by atoms with Gasteiger partial charge in [-0.3, -0.25) is 5.10 Å². The van der Waals surface area contributed by atoms with E-state index in [1.54, 1.807) is 0 Å². The third kappa shape index (κ3) is 4.65. The first-order valence-electron chi connectivity index (χ1n) is 11.6. The molecule has 5 aromatic rings. The number of H-pyrrole nitrogens is 1. The van der Waals surface area contributed by atoms with Crippen LogP contribution in [-0.2, 0) is 19.7 Å². The summed E-state index contributed by atoms with van der Waals surface area (Å²) < 4.78 is 11.1. The highest BCUT2D eigenvalue weighted by molar-refractivity contribution is 7.71.